The highest BCUT2D eigenvalue weighted by molar-refractivity contribution is 5.39. The summed E-state index contributed by atoms with van der Waals surface area (Å²) in [7, 11) is 0. The van der Waals surface area contributed by atoms with Gasteiger partial charge in [-0.2, -0.15) is 0 Å². The van der Waals surface area contributed by atoms with Gasteiger partial charge in [-0.05, 0) is 31.4 Å². The minimum Gasteiger partial charge on any atom is -0.493 e. The molecule has 0 aromatic heterocycles. The summed E-state index contributed by atoms with van der Waals surface area (Å²) < 4.78 is 5.92. The highest BCUT2D eigenvalue weighted by atomic mass is 16.5. The Balaban J connectivity index is 1.71. The average Bonchev–Trinajstić information content (AvgIpc) is 2.38. The van der Waals surface area contributed by atoms with Crippen molar-refractivity contribution in [1.29, 1.82) is 0 Å². The first-order valence-corrected chi connectivity index (χ1v) is 6.89. The molecule has 1 saturated heterocycles. The van der Waals surface area contributed by atoms with Crippen LogP contribution < -0.4 is 10.1 Å². The number of para-hydroxylation sites is 1. The molecule has 3 nitrogen and oxygen atoms in total. The van der Waals surface area contributed by atoms with E-state index in [0.29, 0.717) is 0 Å². The summed E-state index contributed by atoms with van der Waals surface area (Å²) in [4.78, 5) is 2.50. The summed E-state index contributed by atoms with van der Waals surface area (Å²) >= 11 is 0. The second-order valence-electron chi connectivity index (χ2n) is 5.01. The number of nitrogens with one attached hydrogen (secondary N) is 1. The van der Waals surface area contributed by atoms with Gasteiger partial charge in [-0.3, -0.25) is 0 Å². The van der Waals surface area contributed by atoms with E-state index in [1.54, 1.807) is 0 Å². The lowest BCUT2D eigenvalue weighted by molar-refractivity contribution is 0.213. The van der Waals surface area contributed by atoms with Gasteiger partial charge in [0.25, 0.3) is 0 Å². The van der Waals surface area contributed by atoms with E-state index in [0.717, 1.165) is 38.4 Å². The normalized spacial score (nSPS) is 16.8. The van der Waals surface area contributed by atoms with Gasteiger partial charge in [-0.1, -0.05) is 18.2 Å². The number of benzene rings is 1. The number of hydrogen-bond acceptors (Lipinski definition) is 3. The van der Waals surface area contributed by atoms with Crippen LogP contribution in [-0.4, -0.2) is 44.2 Å². The minimum absolute atomic E-state index is 0.815. The Morgan fingerprint density at radius 1 is 1.17 bits per heavy atom. The second kappa shape index (κ2) is 6.76. The zero-order chi connectivity index (χ0) is 12.8. The van der Waals surface area contributed by atoms with E-state index in [1.165, 1.54) is 24.2 Å². The van der Waals surface area contributed by atoms with E-state index in [4.69, 9.17) is 4.74 Å². The maximum absolute atomic E-state index is 5.92. The van der Waals surface area contributed by atoms with Crippen LogP contribution in [0.5, 0.6) is 5.75 Å². The van der Waals surface area contributed by atoms with Crippen LogP contribution in [0.1, 0.15) is 17.5 Å². The van der Waals surface area contributed by atoms with Gasteiger partial charge in [0, 0.05) is 32.7 Å². The maximum Gasteiger partial charge on any atom is 0.125 e. The number of nitrogens with zero attached hydrogens (tertiary/aromatic N) is 1. The summed E-state index contributed by atoms with van der Waals surface area (Å²) in [5.74, 6) is 1.07. The summed E-state index contributed by atoms with van der Waals surface area (Å²) in [5, 5.41) is 3.37. The molecule has 0 unspecified atom stereocenters. The first-order chi connectivity index (χ1) is 8.77. The second-order valence-corrected chi connectivity index (χ2v) is 5.01. The number of ether oxygens (including phenoxy) is 1. The standard InChI is InChI=1S/C15H24N2O/c1-13-5-3-6-14(2)15(13)18-12-4-9-17-10-7-16-8-11-17/h3,5-6,16H,4,7-12H2,1-2H3. The molecule has 1 fully saturated rings. The predicted octanol–water partition coefficient (Wildman–Crippen LogP) is 1.98. The fraction of sp³-hybridized carbons (Fsp3) is 0.600. The Hall–Kier alpha value is -1.06. The Morgan fingerprint density at radius 3 is 2.50 bits per heavy atom. The number of piperazine rings is 1. The zero-order valence-electron chi connectivity index (χ0n) is 11.5. The summed E-state index contributed by atoms with van der Waals surface area (Å²) in [6, 6.07) is 6.30. The predicted molar refractivity (Wildman–Crippen MR) is 75.3 cm³/mol. The first kappa shape index (κ1) is 13.4. The van der Waals surface area contributed by atoms with Crippen LogP contribution in [0.2, 0.25) is 0 Å². The van der Waals surface area contributed by atoms with Crippen molar-refractivity contribution in [2.24, 2.45) is 0 Å². The molecule has 0 aliphatic carbocycles. The molecule has 1 aliphatic rings. The third-order valence-corrected chi connectivity index (χ3v) is 3.48. The van der Waals surface area contributed by atoms with Gasteiger partial charge >= 0.3 is 0 Å². The Labute approximate surface area is 110 Å². The van der Waals surface area contributed by atoms with Crippen molar-refractivity contribution >= 4 is 0 Å². The Bertz CT molecular complexity index is 353. The SMILES string of the molecule is Cc1cccc(C)c1OCCCN1CCNCC1. The van der Waals surface area contributed by atoms with Gasteiger partial charge < -0.3 is 15.0 Å². The van der Waals surface area contributed by atoms with Crippen molar-refractivity contribution in [1.82, 2.24) is 10.2 Å². The fourth-order valence-corrected chi connectivity index (χ4v) is 2.42. The molecule has 1 aromatic carbocycles. The van der Waals surface area contributed by atoms with Gasteiger partial charge in [-0.15, -0.1) is 0 Å². The zero-order valence-corrected chi connectivity index (χ0v) is 11.5. The fourth-order valence-electron chi connectivity index (χ4n) is 2.42. The molecule has 1 heterocycles. The van der Waals surface area contributed by atoms with E-state index in [-0.39, 0.29) is 0 Å². The van der Waals surface area contributed by atoms with Crippen LogP contribution in [0.25, 0.3) is 0 Å². The highest BCUT2D eigenvalue weighted by Crippen LogP contribution is 2.22. The summed E-state index contributed by atoms with van der Waals surface area (Å²) in [5.41, 5.74) is 2.47. The van der Waals surface area contributed by atoms with Crippen molar-refractivity contribution in [3.05, 3.63) is 29.3 Å². The lowest BCUT2D eigenvalue weighted by Crippen LogP contribution is -2.43. The topological polar surface area (TPSA) is 24.5 Å². The highest BCUT2D eigenvalue weighted by Gasteiger charge is 2.09. The molecule has 1 aromatic rings. The van der Waals surface area contributed by atoms with Crippen LogP contribution in [-0.2, 0) is 0 Å². The van der Waals surface area contributed by atoms with Crippen molar-refractivity contribution in [3.63, 3.8) is 0 Å². The first-order valence-electron chi connectivity index (χ1n) is 6.89. The molecule has 0 bridgehead atoms. The molecule has 100 valence electrons. The molecule has 0 atom stereocenters. The third kappa shape index (κ3) is 3.72. The molecule has 0 saturated carbocycles. The lowest BCUT2D eigenvalue weighted by atomic mass is 10.1. The molecule has 3 heteroatoms. The van der Waals surface area contributed by atoms with Crippen LogP contribution >= 0.6 is 0 Å². The molecule has 2 rings (SSSR count). The van der Waals surface area contributed by atoms with E-state index >= 15 is 0 Å². The lowest BCUT2D eigenvalue weighted by Gasteiger charge is -2.27. The number of aryl methyl sites for hydroxylation is 2. The van der Waals surface area contributed by atoms with E-state index in [9.17, 15) is 0 Å². The molecular formula is C15H24N2O. The minimum atomic E-state index is 0.815. The quantitative estimate of drug-likeness (QED) is 0.806. The molecule has 1 N–H and O–H groups in total. The van der Waals surface area contributed by atoms with Crippen LogP contribution in [0.15, 0.2) is 18.2 Å². The molecule has 1 aliphatic heterocycles. The number of hydrogen-bond donors (Lipinski definition) is 1. The molecule has 0 radical (unpaired) electrons. The van der Waals surface area contributed by atoms with Gasteiger partial charge in [0.05, 0.1) is 6.61 Å². The molecule has 0 spiro atoms. The average molecular weight is 248 g/mol. The molecule has 0 amide bonds. The summed E-state index contributed by atoms with van der Waals surface area (Å²) in [6.07, 6.45) is 1.10. The van der Waals surface area contributed by atoms with Crippen LogP contribution in [0.3, 0.4) is 0 Å². The van der Waals surface area contributed by atoms with Crippen molar-refractivity contribution < 1.29 is 4.74 Å². The van der Waals surface area contributed by atoms with Gasteiger partial charge in [0.2, 0.25) is 0 Å². The van der Waals surface area contributed by atoms with Crippen LogP contribution in [0.4, 0.5) is 0 Å². The monoisotopic (exact) mass is 248 g/mol. The van der Waals surface area contributed by atoms with E-state index < -0.39 is 0 Å². The third-order valence-electron chi connectivity index (χ3n) is 3.48. The van der Waals surface area contributed by atoms with Crippen molar-refractivity contribution in [2.45, 2.75) is 20.3 Å². The number of rotatable bonds is 5. The smallest absolute Gasteiger partial charge is 0.125 e. The Kier molecular flexibility index (Phi) is 5.02. The molecule has 18 heavy (non-hydrogen) atoms. The van der Waals surface area contributed by atoms with Crippen molar-refractivity contribution in [2.75, 3.05) is 39.3 Å². The summed E-state index contributed by atoms with van der Waals surface area (Å²) in [6.45, 7) is 10.8. The Morgan fingerprint density at radius 2 is 1.83 bits per heavy atom. The van der Waals surface area contributed by atoms with Crippen molar-refractivity contribution in [3.8, 4) is 5.75 Å². The van der Waals surface area contributed by atoms with Gasteiger partial charge in [-0.25, -0.2) is 0 Å². The van der Waals surface area contributed by atoms with Gasteiger partial charge in [0.1, 0.15) is 5.75 Å². The van der Waals surface area contributed by atoms with E-state index in [2.05, 4.69) is 42.3 Å². The molecular weight excluding hydrogens is 224 g/mol. The largest absolute Gasteiger partial charge is 0.493 e. The van der Waals surface area contributed by atoms with E-state index in [1.807, 2.05) is 0 Å². The van der Waals surface area contributed by atoms with Gasteiger partial charge in [0.15, 0.2) is 0 Å². The maximum atomic E-state index is 5.92. The van der Waals surface area contributed by atoms with Crippen LogP contribution in [0, 0.1) is 13.8 Å².